The van der Waals surface area contributed by atoms with E-state index in [1.165, 1.54) is 0 Å². The van der Waals surface area contributed by atoms with E-state index in [0.717, 1.165) is 24.1 Å². The highest BCUT2D eigenvalue weighted by molar-refractivity contribution is 5.96. The van der Waals surface area contributed by atoms with E-state index < -0.39 is 5.41 Å². The summed E-state index contributed by atoms with van der Waals surface area (Å²) in [5.74, 6) is -0.129. The summed E-state index contributed by atoms with van der Waals surface area (Å²) < 4.78 is 5.40. The summed E-state index contributed by atoms with van der Waals surface area (Å²) in [6.07, 6.45) is 6.79. The Morgan fingerprint density at radius 3 is 2.53 bits per heavy atom. The second-order valence-electron chi connectivity index (χ2n) is 8.18. The van der Waals surface area contributed by atoms with Crippen molar-refractivity contribution in [3.05, 3.63) is 59.9 Å². The van der Waals surface area contributed by atoms with Crippen LogP contribution in [-0.2, 0) is 16.1 Å². The van der Waals surface area contributed by atoms with Crippen molar-refractivity contribution in [1.29, 1.82) is 0 Å². The molecule has 0 spiro atoms. The summed E-state index contributed by atoms with van der Waals surface area (Å²) in [5, 5.41) is 3.36. The van der Waals surface area contributed by atoms with E-state index in [9.17, 15) is 9.59 Å². The SMILES string of the molecule is CCOC(=O)[C@@]1(CC)C[C@H]2CC[C@@H]1N2C(=O)c1ccc(NCc2ccncc2)cc1. The standard InChI is InChI=1S/C24H29N3O3/c1-3-24(23(29)30-4-2)15-20-9-10-21(24)27(20)22(28)18-5-7-19(8-6-18)26-16-17-11-13-25-14-12-17/h5-8,11-14,20-21,26H,3-4,9-10,15-16H2,1-2H3/t20-,21+,24+/m1/s1. The number of rotatable bonds is 7. The van der Waals surface area contributed by atoms with E-state index in [0.29, 0.717) is 31.6 Å². The number of esters is 1. The molecule has 30 heavy (non-hydrogen) atoms. The third-order valence-corrected chi connectivity index (χ3v) is 6.67. The van der Waals surface area contributed by atoms with Gasteiger partial charge >= 0.3 is 5.97 Å². The summed E-state index contributed by atoms with van der Waals surface area (Å²) in [4.78, 5) is 32.1. The molecule has 3 heterocycles. The van der Waals surface area contributed by atoms with Gasteiger partial charge in [0.15, 0.2) is 0 Å². The zero-order chi connectivity index (χ0) is 21.1. The quantitative estimate of drug-likeness (QED) is 0.702. The Kier molecular flexibility index (Phi) is 5.75. The number of benzene rings is 1. The van der Waals surface area contributed by atoms with Crippen LogP contribution in [0, 0.1) is 5.41 Å². The van der Waals surface area contributed by atoms with Gasteiger partial charge in [0.25, 0.3) is 5.91 Å². The van der Waals surface area contributed by atoms with Crippen LogP contribution in [0.25, 0.3) is 0 Å². The van der Waals surface area contributed by atoms with Crippen molar-refractivity contribution in [1.82, 2.24) is 9.88 Å². The zero-order valence-electron chi connectivity index (χ0n) is 17.6. The maximum absolute atomic E-state index is 13.3. The second-order valence-corrected chi connectivity index (χ2v) is 8.18. The number of nitrogens with zero attached hydrogens (tertiary/aromatic N) is 2. The summed E-state index contributed by atoms with van der Waals surface area (Å²) in [6.45, 7) is 4.94. The molecule has 2 aliphatic rings. The minimum absolute atomic E-state index is 0.0165. The van der Waals surface area contributed by atoms with Crippen LogP contribution < -0.4 is 5.32 Å². The van der Waals surface area contributed by atoms with Gasteiger partial charge in [0.2, 0.25) is 0 Å². The van der Waals surface area contributed by atoms with E-state index in [-0.39, 0.29) is 24.0 Å². The molecule has 2 aliphatic heterocycles. The molecule has 0 saturated carbocycles. The monoisotopic (exact) mass is 407 g/mol. The Morgan fingerprint density at radius 1 is 1.13 bits per heavy atom. The lowest BCUT2D eigenvalue weighted by molar-refractivity contribution is -0.157. The molecular formula is C24H29N3O3. The summed E-state index contributed by atoms with van der Waals surface area (Å²) in [5.41, 5.74) is 2.22. The number of aromatic nitrogens is 1. The number of ether oxygens (including phenoxy) is 1. The summed E-state index contributed by atoms with van der Waals surface area (Å²) in [7, 11) is 0. The first kappa shape index (κ1) is 20.4. The highest BCUT2D eigenvalue weighted by Crippen LogP contribution is 2.52. The number of fused-ring (bicyclic) bond motifs is 2. The minimum atomic E-state index is -0.555. The van der Waals surface area contributed by atoms with Crippen molar-refractivity contribution < 1.29 is 14.3 Å². The number of carbonyl (C=O) groups excluding carboxylic acids is 2. The van der Waals surface area contributed by atoms with Gasteiger partial charge in [-0.1, -0.05) is 6.92 Å². The number of anilines is 1. The van der Waals surface area contributed by atoms with Crippen LogP contribution in [0.5, 0.6) is 0 Å². The van der Waals surface area contributed by atoms with Crippen molar-refractivity contribution in [2.45, 2.75) is 58.2 Å². The molecule has 6 heteroatoms. The molecule has 1 aromatic heterocycles. The lowest BCUT2D eigenvalue weighted by Gasteiger charge is -2.34. The van der Waals surface area contributed by atoms with Gasteiger partial charge in [0.1, 0.15) is 0 Å². The van der Waals surface area contributed by atoms with Gasteiger partial charge in [-0.3, -0.25) is 14.6 Å². The summed E-state index contributed by atoms with van der Waals surface area (Å²) >= 11 is 0. The lowest BCUT2D eigenvalue weighted by Crippen LogP contribution is -2.45. The number of nitrogens with one attached hydrogen (secondary N) is 1. The maximum atomic E-state index is 13.3. The molecule has 2 aromatic rings. The Bertz CT molecular complexity index is 900. The Labute approximate surface area is 177 Å². The predicted octanol–water partition coefficient (Wildman–Crippen LogP) is 4.03. The van der Waals surface area contributed by atoms with E-state index in [1.807, 2.05) is 55.1 Å². The van der Waals surface area contributed by atoms with E-state index >= 15 is 0 Å². The number of carbonyl (C=O) groups is 2. The van der Waals surface area contributed by atoms with Crippen LogP contribution in [-0.4, -0.2) is 40.5 Å². The third kappa shape index (κ3) is 3.55. The van der Waals surface area contributed by atoms with Crippen molar-refractivity contribution >= 4 is 17.6 Å². The van der Waals surface area contributed by atoms with Gasteiger partial charge in [-0.2, -0.15) is 0 Å². The molecular weight excluding hydrogens is 378 g/mol. The molecule has 2 fully saturated rings. The van der Waals surface area contributed by atoms with E-state index in [4.69, 9.17) is 4.74 Å². The molecule has 2 bridgehead atoms. The average Bonchev–Trinajstić information content (AvgIpc) is 3.35. The Balaban J connectivity index is 1.46. The topological polar surface area (TPSA) is 71.5 Å². The third-order valence-electron chi connectivity index (χ3n) is 6.67. The number of amides is 1. The van der Waals surface area contributed by atoms with E-state index in [1.54, 1.807) is 12.4 Å². The first-order valence-corrected chi connectivity index (χ1v) is 10.8. The van der Waals surface area contributed by atoms with Crippen LogP contribution in [0.3, 0.4) is 0 Å². The maximum Gasteiger partial charge on any atom is 0.314 e. The highest BCUT2D eigenvalue weighted by atomic mass is 16.5. The smallest absolute Gasteiger partial charge is 0.314 e. The molecule has 0 radical (unpaired) electrons. The molecule has 2 saturated heterocycles. The van der Waals surface area contributed by atoms with Gasteiger partial charge in [-0.25, -0.2) is 0 Å². The fourth-order valence-electron chi connectivity index (χ4n) is 5.09. The van der Waals surface area contributed by atoms with Gasteiger partial charge in [-0.15, -0.1) is 0 Å². The van der Waals surface area contributed by atoms with Gasteiger partial charge < -0.3 is 15.0 Å². The fourth-order valence-corrected chi connectivity index (χ4v) is 5.09. The molecule has 0 unspecified atom stereocenters. The first-order valence-electron chi connectivity index (χ1n) is 10.8. The molecule has 6 nitrogen and oxygen atoms in total. The zero-order valence-corrected chi connectivity index (χ0v) is 17.6. The fraction of sp³-hybridized carbons (Fsp3) is 0.458. The molecule has 1 amide bonds. The van der Waals surface area contributed by atoms with Crippen molar-refractivity contribution in [3.63, 3.8) is 0 Å². The molecule has 1 N–H and O–H groups in total. The van der Waals surface area contributed by atoms with E-state index in [2.05, 4.69) is 10.3 Å². The summed E-state index contributed by atoms with van der Waals surface area (Å²) in [6, 6.07) is 11.6. The average molecular weight is 408 g/mol. The lowest BCUT2D eigenvalue weighted by atomic mass is 9.72. The number of pyridine rings is 1. The van der Waals surface area contributed by atoms with Crippen LogP contribution in [0.2, 0.25) is 0 Å². The van der Waals surface area contributed by atoms with Crippen LogP contribution in [0.4, 0.5) is 5.69 Å². The van der Waals surface area contributed by atoms with Gasteiger partial charge in [-0.05, 0) is 74.6 Å². The van der Waals surface area contributed by atoms with Crippen LogP contribution in [0.15, 0.2) is 48.8 Å². The predicted molar refractivity (Wildman–Crippen MR) is 115 cm³/mol. The molecule has 4 rings (SSSR count). The minimum Gasteiger partial charge on any atom is -0.466 e. The highest BCUT2D eigenvalue weighted by Gasteiger charge is 2.61. The second kappa shape index (κ2) is 8.46. The van der Waals surface area contributed by atoms with Gasteiger partial charge in [0.05, 0.1) is 12.0 Å². The van der Waals surface area contributed by atoms with Gasteiger partial charge in [0, 0.05) is 42.3 Å². The van der Waals surface area contributed by atoms with Crippen molar-refractivity contribution in [3.8, 4) is 0 Å². The Morgan fingerprint density at radius 2 is 1.87 bits per heavy atom. The molecule has 0 aliphatic carbocycles. The first-order chi connectivity index (χ1) is 14.6. The molecule has 1 aromatic carbocycles. The Hall–Kier alpha value is -2.89. The van der Waals surface area contributed by atoms with Crippen molar-refractivity contribution in [2.24, 2.45) is 5.41 Å². The van der Waals surface area contributed by atoms with Crippen LogP contribution in [0.1, 0.15) is 55.5 Å². The number of hydrogen-bond acceptors (Lipinski definition) is 5. The largest absolute Gasteiger partial charge is 0.466 e. The normalized spacial score (nSPS) is 24.7. The number of hydrogen-bond donors (Lipinski definition) is 1. The van der Waals surface area contributed by atoms with Crippen molar-refractivity contribution in [2.75, 3.05) is 11.9 Å². The molecule has 158 valence electrons. The molecule has 3 atom stereocenters. The van der Waals surface area contributed by atoms with Crippen LogP contribution >= 0.6 is 0 Å².